The summed E-state index contributed by atoms with van der Waals surface area (Å²) in [5.74, 6) is 0.627. The molecule has 1 aromatic rings. The van der Waals surface area contributed by atoms with E-state index in [-0.39, 0.29) is 0 Å². The van der Waals surface area contributed by atoms with E-state index in [1.165, 1.54) is 0 Å². The molecule has 2 heterocycles. The van der Waals surface area contributed by atoms with Crippen LogP contribution in [0.4, 0.5) is 0 Å². The van der Waals surface area contributed by atoms with Gasteiger partial charge in [0.25, 0.3) is 0 Å². The zero-order valence-electron chi connectivity index (χ0n) is 8.35. The fourth-order valence-corrected chi connectivity index (χ4v) is 3.62. The molecule has 0 saturated carbocycles. The van der Waals surface area contributed by atoms with Gasteiger partial charge in [-0.15, -0.1) is 0 Å². The van der Waals surface area contributed by atoms with Gasteiger partial charge >= 0.3 is 0 Å². The lowest BCUT2D eigenvalue weighted by Crippen LogP contribution is -2.34. The third-order valence-electron chi connectivity index (χ3n) is 2.81. The molecule has 3 nitrogen and oxygen atoms in total. The molecular weight excluding hydrogens is 208 g/mol. The number of aromatic nitrogens is 1. The van der Waals surface area contributed by atoms with Crippen LogP contribution in [0.3, 0.4) is 0 Å². The van der Waals surface area contributed by atoms with Gasteiger partial charge in [-0.2, -0.15) is 5.26 Å². The first kappa shape index (κ1) is 10.3. The molecule has 0 spiro atoms. The minimum absolute atomic E-state index is 0.627. The Hall–Kier alpha value is -1.21. The third-order valence-corrected chi connectivity index (χ3v) is 4.77. The molecule has 0 aromatic carbocycles. The average molecular weight is 220 g/mol. The van der Waals surface area contributed by atoms with Crippen LogP contribution in [0.5, 0.6) is 0 Å². The van der Waals surface area contributed by atoms with Crippen molar-refractivity contribution in [2.75, 3.05) is 5.75 Å². The standard InChI is InChI=1S/C11H12N2OS/c12-9-11(5-1-2-7-15(11)14)10-4-3-6-13-8-10/h3-4,6,8H,1-2,5,7H2/t11-,15+/m0/s1. The molecule has 1 fully saturated rings. The third kappa shape index (κ3) is 1.68. The zero-order chi connectivity index (χ0) is 10.7. The fourth-order valence-electron chi connectivity index (χ4n) is 1.94. The Kier molecular flexibility index (Phi) is 2.83. The smallest absolute Gasteiger partial charge is 0.158 e. The Bertz CT molecular complexity index is 412. The number of pyridine rings is 1. The van der Waals surface area contributed by atoms with Gasteiger partial charge in [-0.25, -0.2) is 0 Å². The number of rotatable bonds is 1. The number of hydrogen-bond donors (Lipinski definition) is 0. The topological polar surface area (TPSA) is 53.8 Å². The average Bonchev–Trinajstić information content (AvgIpc) is 2.31. The molecule has 2 atom stereocenters. The summed E-state index contributed by atoms with van der Waals surface area (Å²) in [6, 6.07) is 5.88. The first-order valence-electron chi connectivity index (χ1n) is 5.00. The van der Waals surface area contributed by atoms with Crippen LogP contribution in [0.15, 0.2) is 24.5 Å². The highest BCUT2D eigenvalue weighted by Crippen LogP contribution is 2.36. The van der Waals surface area contributed by atoms with Crippen molar-refractivity contribution in [1.29, 1.82) is 5.26 Å². The summed E-state index contributed by atoms with van der Waals surface area (Å²) in [7, 11) is -1.09. The SMILES string of the molecule is N#C[C@]1(c2cccnc2)CCCC[S@]1=O. The van der Waals surface area contributed by atoms with Crippen LogP contribution in [0.25, 0.3) is 0 Å². The van der Waals surface area contributed by atoms with Crippen LogP contribution in [-0.2, 0) is 15.5 Å². The van der Waals surface area contributed by atoms with E-state index in [0.29, 0.717) is 12.2 Å². The highest BCUT2D eigenvalue weighted by molar-refractivity contribution is 7.86. The molecule has 15 heavy (non-hydrogen) atoms. The fraction of sp³-hybridized carbons (Fsp3) is 0.455. The maximum Gasteiger partial charge on any atom is 0.158 e. The van der Waals surface area contributed by atoms with E-state index in [9.17, 15) is 9.47 Å². The Morgan fingerprint density at radius 3 is 3.00 bits per heavy atom. The molecule has 0 radical (unpaired) electrons. The Morgan fingerprint density at radius 2 is 2.40 bits per heavy atom. The molecular formula is C11H12N2OS. The largest absolute Gasteiger partial charge is 0.264 e. The summed E-state index contributed by atoms with van der Waals surface area (Å²) in [6.45, 7) is 0. The van der Waals surface area contributed by atoms with Gasteiger partial charge in [0.05, 0.1) is 6.07 Å². The van der Waals surface area contributed by atoms with E-state index in [0.717, 1.165) is 18.4 Å². The van der Waals surface area contributed by atoms with Crippen LogP contribution in [0.2, 0.25) is 0 Å². The normalized spacial score (nSPS) is 30.7. The predicted molar refractivity (Wildman–Crippen MR) is 58.4 cm³/mol. The Morgan fingerprint density at radius 1 is 1.53 bits per heavy atom. The van der Waals surface area contributed by atoms with E-state index in [2.05, 4.69) is 11.1 Å². The molecule has 0 aliphatic carbocycles. The summed E-state index contributed by atoms with van der Waals surface area (Å²) < 4.78 is 11.2. The zero-order valence-corrected chi connectivity index (χ0v) is 9.17. The van der Waals surface area contributed by atoms with Crippen molar-refractivity contribution in [1.82, 2.24) is 4.98 Å². The maximum absolute atomic E-state index is 12.0. The first-order chi connectivity index (χ1) is 7.29. The highest BCUT2D eigenvalue weighted by Gasteiger charge is 2.40. The second kappa shape index (κ2) is 4.11. The van der Waals surface area contributed by atoms with E-state index in [1.807, 2.05) is 6.07 Å². The second-order valence-corrected chi connectivity index (χ2v) is 5.48. The molecule has 1 aliphatic rings. The molecule has 1 saturated heterocycles. The van der Waals surface area contributed by atoms with Crippen LogP contribution in [0.1, 0.15) is 24.8 Å². The van der Waals surface area contributed by atoms with E-state index >= 15 is 0 Å². The van der Waals surface area contributed by atoms with Gasteiger partial charge in [-0.3, -0.25) is 9.19 Å². The molecule has 0 unspecified atom stereocenters. The Labute approximate surface area is 91.6 Å². The van der Waals surface area contributed by atoms with E-state index < -0.39 is 15.5 Å². The Balaban J connectivity index is 2.46. The minimum atomic E-state index is -1.09. The summed E-state index contributed by atoms with van der Waals surface area (Å²) in [4.78, 5) is 4.00. The van der Waals surface area contributed by atoms with Gasteiger partial charge in [-0.1, -0.05) is 6.07 Å². The lowest BCUT2D eigenvalue weighted by Gasteiger charge is -2.29. The second-order valence-electron chi connectivity index (χ2n) is 3.69. The molecule has 0 N–H and O–H groups in total. The number of nitriles is 1. The molecule has 78 valence electrons. The van der Waals surface area contributed by atoms with Gasteiger partial charge in [0.2, 0.25) is 0 Å². The van der Waals surface area contributed by atoms with Gasteiger partial charge in [0, 0.05) is 34.5 Å². The van der Waals surface area contributed by atoms with Crippen molar-refractivity contribution < 1.29 is 4.21 Å². The number of nitrogens with zero attached hydrogens (tertiary/aromatic N) is 2. The van der Waals surface area contributed by atoms with Gasteiger partial charge < -0.3 is 0 Å². The first-order valence-corrected chi connectivity index (χ1v) is 6.32. The van der Waals surface area contributed by atoms with Gasteiger partial charge in [-0.05, 0) is 25.3 Å². The molecule has 1 aromatic heterocycles. The van der Waals surface area contributed by atoms with Crippen molar-refractivity contribution in [3.05, 3.63) is 30.1 Å². The molecule has 1 aliphatic heterocycles. The predicted octanol–water partition coefficient (Wildman–Crippen LogP) is 1.73. The number of hydrogen-bond acceptors (Lipinski definition) is 3. The highest BCUT2D eigenvalue weighted by atomic mass is 32.2. The summed E-state index contributed by atoms with van der Waals surface area (Å²) in [5.41, 5.74) is 0.797. The molecule has 0 amide bonds. The van der Waals surface area contributed by atoms with Crippen molar-refractivity contribution in [2.45, 2.75) is 24.0 Å². The van der Waals surface area contributed by atoms with Crippen LogP contribution < -0.4 is 0 Å². The minimum Gasteiger partial charge on any atom is -0.264 e. The summed E-state index contributed by atoms with van der Waals surface area (Å²) >= 11 is 0. The van der Waals surface area contributed by atoms with Crippen LogP contribution >= 0.6 is 0 Å². The van der Waals surface area contributed by atoms with Crippen molar-refractivity contribution in [3.63, 3.8) is 0 Å². The van der Waals surface area contributed by atoms with Crippen molar-refractivity contribution in [3.8, 4) is 6.07 Å². The molecule has 0 bridgehead atoms. The summed E-state index contributed by atoms with van der Waals surface area (Å²) in [6.07, 6.45) is 5.93. The maximum atomic E-state index is 12.0. The molecule has 2 rings (SSSR count). The lowest BCUT2D eigenvalue weighted by molar-refractivity contribution is 0.565. The lowest BCUT2D eigenvalue weighted by atomic mass is 9.95. The van der Waals surface area contributed by atoms with Crippen molar-refractivity contribution in [2.24, 2.45) is 0 Å². The molecule has 4 heteroatoms. The van der Waals surface area contributed by atoms with E-state index in [1.54, 1.807) is 18.5 Å². The summed E-state index contributed by atoms with van der Waals surface area (Å²) in [5, 5.41) is 9.29. The van der Waals surface area contributed by atoms with Crippen molar-refractivity contribution >= 4 is 10.8 Å². The van der Waals surface area contributed by atoms with Gasteiger partial charge in [0.15, 0.2) is 4.75 Å². The van der Waals surface area contributed by atoms with Gasteiger partial charge in [0.1, 0.15) is 0 Å². The quantitative estimate of drug-likeness (QED) is 0.724. The van der Waals surface area contributed by atoms with E-state index in [4.69, 9.17) is 0 Å². The monoisotopic (exact) mass is 220 g/mol. The van der Waals surface area contributed by atoms with Crippen LogP contribution in [-0.4, -0.2) is 14.9 Å². The van der Waals surface area contributed by atoms with Crippen LogP contribution in [0, 0.1) is 11.3 Å².